The van der Waals surface area contributed by atoms with Crippen LogP contribution < -0.4 is 15.5 Å². The van der Waals surface area contributed by atoms with E-state index < -0.39 is 0 Å². The van der Waals surface area contributed by atoms with Gasteiger partial charge in [-0.25, -0.2) is 4.79 Å². The van der Waals surface area contributed by atoms with Gasteiger partial charge in [-0.1, -0.05) is 19.1 Å². The highest BCUT2D eigenvalue weighted by Gasteiger charge is 2.19. The summed E-state index contributed by atoms with van der Waals surface area (Å²) in [5, 5.41) is 5.85. The van der Waals surface area contributed by atoms with Crippen LogP contribution in [0.2, 0.25) is 0 Å². The maximum Gasteiger partial charge on any atom is 0.319 e. The van der Waals surface area contributed by atoms with E-state index in [9.17, 15) is 9.59 Å². The monoisotopic (exact) mass is 344 g/mol. The summed E-state index contributed by atoms with van der Waals surface area (Å²) in [5.41, 5.74) is 1.82. The standard InChI is InChI=1S/C19H28N4O2/c1-4-7-16(5-2)20-19(25)21-17-8-6-9-18(14-17)23-12-10-22(11-13-23)15(3)24/h4,6,8-9,14,16H,1,5,7,10-13H2,2-3H3,(H2,20,21,25)/t16-/m0/s1. The highest BCUT2D eigenvalue weighted by molar-refractivity contribution is 5.90. The van der Waals surface area contributed by atoms with E-state index in [2.05, 4.69) is 22.1 Å². The molecule has 0 aromatic heterocycles. The van der Waals surface area contributed by atoms with Crippen molar-refractivity contribution in [2.45, 2.75) is 32.7 Å². The quantitative estimate of drug-likeness (QED) is 0.780. The van der Waals surface area contributed by atoms with Crippen LogP contribution in [-0.2, 0) is 4.79 Å². The third kappa shape index (κ3) is 5.52. The van der Waals surface area contributed by atoms with Gasteiger partial charge in [0, 0.05) is 50.5 Å². The molecule has 1 saturated heterocycles. The molecule has 0 saturated carbocycles. The number of amides is 3. The minimum Gasteiger partial charge on any atom is -0.368 e. The molecule has 2 rings (SSSR count). The lowest BCUT2D eigenvalue weighted by molar-refractivity contribution is -0.129. The number of nitrogens with one attached hydrogen (secondary N) is 2. The molecule has 1 fully saturated rings. The van der Waals surface area contributed by atoms with E-state index in [1.165, 1.54) is 0 Å². The molecule has 0 bridgehead atoms. The van der Waals surface area contributed by atoms with Gasteiger partial charge in [0.25, 0.3) is 0 Å². The van der Waals surface area contributed by atoms with Gasteiger partial charge < -0.3 is 20.4 Å². The van der Waals surface area contributed by atoms with Gasteiger partial charge >= 0.3 is 6.03 Å². The van der Waals surface area contributed by atoms with Crippen LogP contribution >= 0.6 is 0 Å². The van der Waals surface area contributed by atoms with Crippen LogP contribution in [0.3, 0.4) is 0 Å². The summed E-state index contributed by atoms with van der Waals surface area (Å²) < 4.78 is 0. The van der Waals surface area contributed by atoms with Crippen LogP contribution in [-0.4, -0.2) is 49.1 Å². The Labute approximate surface area is 149 Å². The van der Waals surface area contributed by atoms with Crippen molar-refractivity contribution in [2.75, 3.05) is 36.4 Å². The number of piperazine rings is 1. The minimum absolute atomic E-state index is 0.0975. The number of rotatable bonds is 6. The number of carbonyl (C=O) groups is 2. The number of benzene rings is 1. The Morgan fingerprint density at radius 1 is 1.28 bits per heavy atom. The van der Waals surface area contributed by atoms with Crippen LogP contribution in [0.4, 0.5) is 16.2 Å². The molecule has 1 aromatic carbocycles. The zero-order chi connectivity index (χ0) is 18.2. The van der Waals surface area contributed by atoms with Crippen molar-refractivity contribution in [3.63, 3.8) is 0 Å². The van der Waals surface area contributed by atoms with Crippen LogP contribution in [0, 0.1) is 0 Å². The van der Waals surface area contributed by atoms with Crippen LogP contribution in [0.25, 0.3) is 0 Å². The fourth-order valence-electron chi connectivity index (χ4n) is 2.94. The molecule has 6 nitrogen and oxygen atoms in total. The molecule has 1 aliphatic heterocycles. The molecule has 1 heterocycles. The Bertz CT molecular complexity index is 609. The van der Waals surface area contributed by atoms with Crippen LogP contribution in [0.1, 0.15) is 26.7 Å². The van der Waals surface area contributed by atoms with Crippen LogP contribution in [0.5, 0.6) is 0 Å². The largest absolute Gasteiger partial charge is 0.368 e. The number of nitrogens with zero attached hydrogens (tertiary/aromatic N) is 2. The van der Waals surface area contributed by atoms with Crippen molar-refractivity contribution in [1.82, 2.24) is 10.2 Å². The molecule has 0 radical (unpaired) electrons. The number of urea groups is 1. The predicted molar refractivity (Wildman–Crippen MR) is 102 cm³/mol. The molecule has 0 aliphatic carbocycles. The number of carbonyl (C=O) groups excluding carboxylic acids is 2. The fraction of sp³-hybridized carbons (Fsp3) is 0.474. The normalized spacial score (nSPS) is 15.4. The molecular formula is C19H28N4O2. The first-order valence-electron chi connectivity index (χ1n) is 8.82. The maximum atomic E-state index is 12.1. The van der Waals surface area contributed by atoms with E-state index in [-0.39, 0.29) is 18.0 Å². The summed E-state index contributed by atoms with van der Waals surface area (Å²) >= 11 is 0. The second-order valence-electron chi connectivity index (χ2n) is 6.27. The van der Waals surface area contributed by atoms with E-state index >= 15 is 0 Å². The first-order valence-corrected chi connectivity index (χ1v) is 8.82. The first-order chi connectivity index (χ1) is 12.0. The molecule has 0 unspecified atom stereocenters. The van der Waals surface area contributed by atoms with Crippen LogP contribution in [0.15, 0.2) is 36.9 Å². The van der Waals surface area contributed by atoms with E-state index in [1.807, 2.05) is 42.2 Å². The van der Waals surface area contributed by atoms with Gasteiger partial charge in [0.1, 0.15) is 0 Å². The molecule has 0 spiro atoms. The fourth-order valence-corrected chi connectivity index (χ4v) is 2.94. The second kappa shape index (κ2) is 9.11. The van der Waals surface area contributed by atoms with Gasteiger partial charge in [0.2, 0.25) is 5.91 Å². The zero-order valence-electron chi connectivity index (χ0n) is 15.1. The van der Waals surface area contributed by atoms with Crippen molar-refractivity contribution in [3.8, 4) is 0 Å². The lowest BCUT2D eigenvalue weighted by atomic mass is 10.1. The lowest BCUT2D eigenvalue weighted by Crippen LogP contribution is -2.48. The number of anilines is 2. The van der Waals surface area contributed by atoms with Crippen molar-refractivity contribution in [1.29, 1.82) is 0 Å². The molecular weight excluding hydrogens is 316 g/mol. The maximum absolute atomic E-state index is 12.1. The smallest absolute Gasteiger partial charge is 0.319 e. The first kappa shape index (κ1) is 18.8. The molecule has 1 atom stereocenters. The van der Waals surface area contributed by atoms with Crippen molar-refractivity contribution in [3.05, 3.63) is 36.9 Å². The third-order valence-corrected chi connectivity index (χ3v) is 4.47. The lowest BCUT2D eigenvalue weighted by Gasteiger charge is -2.35. The molecule has 1 aliphatic rings. The Hall–Kier alpha value is -2.50. The highest BCUT2D eigenvalue weighted by atomic mass is 16.2. The number of hydrogen-bond acceptors (Lipinski definition) is 3. The minimum atomic E-state index is -0.202. The topological polar surface area (TPSA) is 64.7 Å². The SMILES string of the molecule is C=CC[C@H](CC)NC(=O)Nc1cccc(N2CCN(C(C)=O)CC2)c1. The summed E-state index contributed by atoms with van der Waals surface area (Å²) in [6, 6.07) is 7.70. The Morgan fingerprint density at radius 3 is 2.60 bits per heavy atom. The molecule has 3 amide bonds. The average molecular weight is 344 g/mol. The molecule has 1 aromatic rings. The van der Waals surface area contributed by atoms with E-state index in [0.29, 0.717) is 0 Å². The molecule has 25 heavy (non-hydrogen) atoms. The summed E-state index contributed by atoms with van der Waals surface area (Å²) in [4.78, 5) is 27.7. The van der Waals surface area contributed by atoms with E-state index in [1.54, 1.807) is 6.92 Å². The highest BCUT2D eigenvalue weighted by Crippen LogP contribution is 2.21. The molecule has 2 N–H and O–H groups in total. The average Bonchev–Trinajstić information content (AvgIpc) is 2.61. The van der Waals surface area contributed by atoms with Crippen molar-refractivity contribution < 1.29 is 9.59 Å². The van der Waals surface area contributed by atoms with Gasteiger partial charge in [-0.15, -0.1) is 6.58 Å². The summed E-state index contributed by atoms with van der Waals surface area (Å²) in [6.07, 6.45) is 3.43. The summed E-state index contributed by atoms with van der Waals surface area (Å²) in [5.74, 6) is 0.122. The summed E-state index contributed by atoms with van der Waals surface area (Å²) in [7, 11) is 0. The van der Waals surface area contributed by atoms with Crippen molar-refractivity contribution >= 4 is 23.3 Å². The molecule has 6 heteroatoms. The van der Waals surface area contributed by atoms with Gasteiger partial charge in [-0.3, -0.25) is 4.79 Å². The summed E-state index contributed by atoms with van der Waals surface area (Å²) in [6.45, 7) is 10.4. The van der Waals surface area contributed by atoms with E-state index in [0.717, 1.165) is 50.4 Å². The van der Waals surface area contributed by atoms with Gasteiger partial charge in [0.15, 0.2) is 0 Å². The zero-order valence-corrected chi connectivity index (χ0v) is 15.1. The second-order valence-corrected chi connectivity index (χ2v) is 6.27. The van der Waals surface area contributed by atoms with E-state index in [4.69, 9.17) is 0 Å². The number of hydrogen-bond donors (Lipinski definition) is 2. The van der Waals surface area contributed by atoms with Gasteiger partial charge in [0.05, 0.1) is 0 Å². The van der Waals surface area contributed by atoms with Gasteiger partial charge in [-0.05, 0) is 31.0 Å². The Morgan fingerprint density at radius 2 is 2.00 bits per heavy atom. The third-order valence-electron chi connectivity index (χ3n) is 4.47. The Balaban J connectivity index is 1.94. The predicted octanol–water partition coefficient (Wildman–Crippen LogP) is 2.83. The van der Waals surface area contributed by atoms with Gasteiger partial charge in [-0.2, -0.15) is 0 Å². The Kier molecular flexibility index (Phi) is 6.86. The molecule has 136 valence electrons. The van der Waals surface area contributed by atoms with Crippen molar-refractivity contribution in [2.24, 2.45) is 0 Å².